The number of aromatic nitrogens is 2. The number of thiophene rings is 1. The van der Waals surface area contributed by atoms with Gasteiger partial charge in [-0.05, 0) is 72.6 Å². The lowest BCUT2D eigenvalue weighted by Crippen LogP contribution is -2.27. The molecule has 36 heavy (non-hydrogen) atoms. The van der Waals surface area contributed by atoms with E-state index < -0.39 is 0 Å². The Balaban J connectivity index is 1.50. The first kappa shape index (κ1) is 24.7. The second-order valence-corrected chi connectivity index (χ2v) is 12.2. The van der Waals surface area contributed by atoms with Crippen molar-refractivity contribution in [2.24, 2.45) is 11.3 Å². The van der Waals surface area contributed by atoms with Crippen LogP contribution < -0.4 is 10.9 Å². The number of benzene rings is 2. The predicted octanol–water partition coefficient (Wildman–Crippen LogP) is 6.47. The minimum absolute atomic E-state index is 0.0688. The van der Waals surface area contributed by atoms with Crippen molar-refractivity contribution < 1.29 is 9.18 Å². The number of anilines is 1. The monoisotopic (exact) mass is 521 g/mol. The highest BCUT2D eigenvalue weighted by atomic mass is 32.2. The van der Waals surface area contributed by atoms with Crippen LogP contribution in [0.2, 0.25) is 0 Å². The van der Waals surface area contributed by atoms with Crippen LogP contribution in [0.3, 0.4) is 0 Å². The SMILES string of the molecule is CC(C)(C)C1CCc2c(sc3nc(SCC(=O)Nc4ccc(F)cc4)n(-c4ccccc4)c(=O)c23)C1. The van der Waals surface area contributed by atoms with E-state index in [0.29, 0.717) is 22.1 Å². The summed E-state index contributed by atoms with van der Waals surface area (Å²) in [5.41, 5.74) is 2.51. The molecule has 2 aromatic heterocycles. The lowest BCUT2D eigenvalue weighted by Gasteiger charge is -2.33. The second kappa shape index (κ2) is 9.82. The van der Waals surface area contributed by atoms with Gasteiger partial charge < -0.3 is 5.32 Å². The number of nitrogens with zero attached hydrogens (tertiary/aromatic N) is 2. The number of nitrogens with one attached hydrogen (secondary N) is 1. The summed E-state index contributed by atoms with van der Waals surface area (Å²) in [6, 6.07) is 15.1. The number of amides is 1. The Hall–Kier alpha value is -2.97. The molecule has 0 spiro atoms. The van der Waals surface area contributed by atoms with Gasteiger partial charge in [0.25, 0.3) is 5.56 Å². The fourth-order valence-corrected chi connectivity index (χ4v) is 6.86. The van der Waals surface area contributed by atoms with E-state index in [1.807, 2.05) is 30.3 Å². The van der Waals surface area contributed by atoms with Crippen molar-refractivity contribution in [1.29, 1.82) is 0 Å². The molecule has 1 amide bonds. The van der Waals surface area contributed by atoms with Gasteiger partial charge in [0.15, 0.2) is 5.16 Å². The number of hydrogen-bond acceptors (Lipinski definition) is 5. The zero-order chi connectivity index (χ0) is 25.4. The van der Waals surface area contributed by atoms with E-state index >= 15 is 0 Å². The molecule has 1 aliphatic rings. The molecule has 2 heterocycles. The van der Waals surface area contributed by atoms with E-state index in [9.17, 15) is 14.0 Å². The quantitative estimate of drug-likeness (QED) is 0.242. The van der Waals surface area contributed by atoms with E-state index in [4.69, 9.17) is 4.98 Å². The van der Waals surface area contributed by atoms with Crippen molar-refractivity contribution in [3.05, 3.63) is 81.2 Å². The zero-order valence-corrected chi connectivity index (χ0v) is 22.1. The molecule has 2 aromatic carbocycles. The van der Waals surface area contributed by atoms with Gasteiger partial charge in [0.05, 0.1) is 16.8 Å². The van der Waals surface area contributed by atoms with Crippen LogP contribution in [0.5, 0.6) is 0 Å². The Morgan fingerprint density at radius 3 is 2.58 bits per heavy atom. The van der Waals surface area contributed by atoms with Crippen molar-refractivity contribution in [1.82, 2.24) is 9.55 Å². The van der Waals surface area contributed by atoms with Gasteiger partial charge in [-0.2, -0.15) is 0 Å². The average molecular weight is 522 g/mol. The van der Waals surface area contributed by atoms with Gasteiger partial charge >= 0.3 is 0 Å². The molecular weight excluding hydrogens is 493 g/mol. The highest BCUT2D eigenvalue weighted by Crippen LogP contribution is 2.42. The first-order valence-electron chi connectivity index (χ1n) is 12.0. The van der Waals surface area contributed by atoms with Gasteiger partial charge in [0.1, 0.15) is 10.6 Å². The van der Waals surface area contributed by atoms with E-state index in [-0.39, 0.29) is 28.5 Å². The molecule has 0 bridgehead atoms. The maximum atomic E-state index is 13.9. The van der Waals surface area contributed by atoms with Crippen molar-refractivity contribution in [3.8, 4) is 5.69 Å². The molecule has 5 nitrogen and oxygen atoms in total. The number of hydrogen-bond donors (Lipinski definition) is 1. The van der Waals surface area contributed by atoms with Crippen molar-refractivity contribution in [2.75, 3.05) is 11.1 Å². The molecule has 4 aromatic rings. The zero-order valence-electron chi connectivity index (χ0n) is 20.5. The summed E-state index contributed by atoms with van der Waals surface area (Å²) in [4.78, 5) is 33.4. The lowest BCUT2D eigenvalue weighted by atomic mass is 9.72. The molecular formula is C28H28FN3O2S2. The van der Waals surface area contributed by atoms with Crippen LogP contribution in [0.1, 0.15) is 37.6 Å². The molecule has 0 saturated heterocycles. The molecule has 0 radical (unpaired) electrons. The van der Waals surface area contributed by atoms with Crippen LogP contribution >= 0.6 is 23.1 Å². The molecule has 1 aliphatic carbocycles. The highest BCUT2D eigenvalue weighted by molar-refractivity contribution is 7.99. The van der Waals surface area contributed by atoms with Gasteiger partial charge in [-0.25, -0.2) is 9.37 Å². The summed E-state index contributed by atoms with van der Waals surface area (Å²) in [5, 5.41) is 3.97. The van der Waals surface area contributed by atoms with Crippen molar-refractivity contribution in [2.45, 2.75) is 45.2 Å². The third-order valence-corrected chi connectivity index (χ3v) is 8.84. The first-order valence-corrected chi connectivity index (χ1v) is 13.8. The van der Waals surface area contributed by atoms with Gasteiger partial charge in [-0.15, -0.1) is 11.3 Å². The fourth-order valence-electron chi connectivity index (χ4n) is 4.71. The van der Waals surface area contributed by atoms with Crippen LogP contribution in [0, 0.1) is 17.2 Å². The third-order valence-electron chi connectivity index (χ3n) is 6.75. The van der Waals surface area contributed by atoms with Gasteiger partial charge in [0.2, 0.25) is 5.91 Å². The number of carbonyl (C=O) groups excluding carboxylic acids is 1. The summed E-state index contributed by atoms with van der Waals surface area (Å²) < 4.78 is 14.8. The van der Waals surface area contributed by atoms with E-state index in [2.05, 4.69) is 26.1 Å². The molecule has 0 fully saturated rings. The highest BCUT2D eigenvalue weighted by Gasteiger charge is 2.32. The summed E-state index contributed by atoms with van der Waals surface area (Å²) in [7, 11) is 0. The van der Waals surface area contributed by atoms with Crippen molar-refractivity contribution >= 4 is 44.9 Å². The summed E-state index contributed by atoms with van der Waals surface area (Å²) in [6.45, 7) is 6.84. The van der Waals surface area contributed by atoms with Crippen LogP contribution in [0.15, 0.2) is 64.5 Å². The first-order chi connectivity index (χ1) is 17.2. The Morgan fingerprint density at radius 2 is 1.89 bits per heavy atom. The Kier molecular flexibility index (Phi) is 6.74. The number of carbonyl (C=O) groups is 1. The maximum Gasteiger partial charge on any atom is 0.267 e. The smallest absolute Gasteiger partial charge is 0.267 e. The van der Waals surface area contributed by atoms with Gasteiger partial charge in [0, 0.05) is 10.6 Å². The molecule has 8 heteroatoms. The number of para-hydroxylation sites is 1. The molecule has 1 unspecified atom stereocenters. The largest absolute Gasteiger partial charge is 0.325 e. The molecule has 0 saturated carbocycles. The van der Waals surface area contributed by atoms with Crippen LogP contribution in [-0.2, 0) is 17.6 Å². The minimum Gasteiger partial charge on any atom is -0.325 e. The number of rotatable bonds is 5. The Morgan fingerprint density at radius 1 is 1.17 bits per heavy atom. The molecule has 5 rings (SSSR count). The van der Waals surface area contributed by atoms with Gasteiger partial charge in [-0.1, -0.05) is 50.7 Å². The second-order valence-electron chi connectivity index (χ2n) is 10.2. The Labute approximate surface area is 217 Å². The van der Waals surface area contributed by atoms with Gasteiger partial charge in [-0.3, -0.25) is 14.2 Å². The summed E-state index contributed by atoms with van der Waals surface area (Å²) in [5.74, 6) is 0.0241. The number of aryl methyl sites for hydroxylation is 1. The maximum absolute atomic E-state index is 13.9. The molecule has 0 aliphatic heterocycles. The van der Waals surface area contributed by atoms with Crippen molar-refractivity contribution in [3.63, 3.8) is 0 Å². The number of thioether (sulfide) groups is 1. The lowest BCUT2D eigenvalue weighted by molar-refractivity contribution is -0.113. The standard InChI is InChI=1S/C28H28FN3O2S2/c1-28(2,3)17-9-14-21-22(15-17)36-25-24(21)26(34)32(20-7-5-4-6-8-20)27(31-25)35-16-23(33)30-19-12-10-18(29)11-13-19/h4-8,10-13,17H,9,14-16H2,1-3H3,(H,30,33). The summed E-state index contributed by atoms with van der Waals surface area (Å²) in [6.07, 6.45) is 2.91. The topological polar surface area (TPSA) is 64.0 Å². The fraction of sp³-hybridized carbons (Fsp3) is 0.321. The Bertz CT molecular complexity index is 1470. The molecule has 186 valence electrons. The predicted molar refractivity (Wildman–Crippen MR) is 146 cm³/mol. The van der Waals surface area contributed by atoms with E-state index in [1.54, 1.807) is 15.9 Å². The van der Waals surface area contributed by atoms with Crippen LogP contribution in [0.25, 0.3) is 15.9 Å². The minimum atomic E-state index is -0.362. The molecule has 1 atom stereocenters. The van der Waals surface area contributed by atoms with E-state index in [1.165, 1.54) is 40.9 Å². The number of fused-ring (bicyclic) bond motifs is 3. The van der Waals surface area contributed by atoms with E-state index in [0.717, 1.165) is 35.3 Å². The average Bonchev–Trinajstić information content (AvgIpc) is 3.22. The number of halogens is 1. The van der Waals surface area contributed by atoms with Crippen LogP contribution in [-0.4, -0.2) is 21.2 Å². The third kappa shape index (κ3) is 4.97. The molecule has 1 N–H and O–H groups in total. The summed E-state index contributed by atoms with van der Waals surface area (Å²) >= 11 is 2.84. The normalized spacial score (nSPS) is 15.6. The van der Waals surface area contributed by atoms with Crippen LogP contribution in [0.4, 0.5) is 10.1 Å².